The molecule has 0 aliphatic carbocycles. The molecular formula is C8H6F6N2S. The molecule has 9 heteroatoms. The number of rotatable bonds is 2. The van der Waals surface area contributed by atoms with Crippen LogP contribution in [0.2, 0.25) is 0 Å². The Morgan fingerprint density at radius 3 is 2.06 bits per heavy atom. The molecule has 0 aliphatic heterocycles. The molecule has 17 heavy (non-hydrogen) atoms. The summed E-state index contributed by atoms with van der Waals surface area (Å²) in [5.41, 5.74) is -5.10. The van der Waals surface area contributed by atoms with Crippen LogP contribution < -0.4 is 11.3 Å². The number of nitrogens with two attached hydrogens (primary N) is 1. The summed E-state index contributed by atoms with van der Waals surface area (Å²) in [4.78, 5) is -0.944. The fourth-order valence-corrected chi connectivity index (χ4v) is 1.88. The van der Waals surface area contributed by atoms with Crippen LogP contribution in [0.4, 0.5) is 32.0 Å². The average molecular weight is 276 g/mol. The third kappa shape index (κ3) is 3.70. The van der Waals surface area contributed by atoms with Gasteiger partial charge in [-0.15, -0.1) is 0 Å². The molecule has 0 aromatic heterocycles. The average Bonchev–Trinajstić information content (AvgIpc) is 2.12. The number of anilines is 1. The molecule has 0 amide bonds. The minimum Gasteiger partial charge on any atom is -0.323 e. The maximum absolute atomic E-state index is 12.6. The van der Waals surface area contributed by atoms with E-state index in [0.29, 0.717) is 0 Å². The van der Waals surface area contributed by atoms with Crippen LogP contribution in [0.25, 0.3) is 0 Å². The Labute approximate surface area is 96.1 Å². The number of hydrazine groups is 1. The summed E-state index contributed by atoms with van der Waals surface area (Å²) in [6.07, 6.45) is -4.92. The first-order valence-corrected chi connectivity index (χ1v) is 4.89. The summed E-state index contributed by atoms with van der Waals surface area (Å²) < 4.78 is 74.1. The van der Waals surface area contributed by atoms with E-state index >= 15 is 0 Å². The second kappa shape index (κ2) is 4.65. The highest BCUT2D eigenvalue weighted by molar-refractivity contribution is 8.00. The van der Waals surface area contributed by atoms with Crippen LogP contribution in [0.1, 0.15) is 5.56 Å². The van der Waals surface area contributed by atoms with Crippen LogP contribution in [0.15, 0.2) is 23.1 Å². The van der Waals surface area contributed by atoms with Gasteiger partial charge in [-0.2, -0.15) is 26.3 Å². The molecule has 0 bridgehead atoms. The fraction of sp³-hybridized carbons (Fsp3) is 0.250. The summed E-state index contributed by atoms with van der Waals surface area (Å²) in [6.45, 7) is 0. The minimum atomic E-state index is -4.92. The first-order chi connectivity index (χ1) is 7.65. The van der Waals surface area contributed by atoms with Gasteiger partial charge in [0, 0.05) is 4.90 Å². The van der Waals surface area contributed by atoms with Gasteiger partial charge >= 0.3 is 11.7 Å². The number of nitrogen functional groups attached to an aromatic ring is 1. The SMILES string of the molecule is NNc1cccc(SC(F)(F)F)c1C(F)(F)F. The van der Waals surface area contributed by atoms with E-state index in [4.69, 9.17) is 5.84 Å². The van der Waals surface area contributed by atoms with Crippen LogP contribution >= 0.6 is 11.8 Å². The number of alkyl halides is 6. The number of benzene rings is 1. The predicted octanol–water partition coefficient (Wildman–Crippen LogP) is 3.60. The van der Waals surface area contributed by atoms with Crippen LogP contribution in [-0.2, 0) is 6.18 Å². The molecule has 0 saturated heterocycles. The quantitative estimate of drug-likeness (QED) is 0.375. The molecule has 0 aliphatic rings. The van der Waals surface area contributed by atoms with Crippen molar-refractivity contribution in [2.24, 2.45) is 5.84 Å². The zero-order chi connectivity index (χ0) is 13.3. The van der Waals surface area contributed by atoms with E-state index in [2.05, 4.69) is 0 Å². The lowest BCUT2D eigenvalue weighted by Crippen LogP contribution is -2.16. The molecular weight excluding hydrogens is 270 g/mol. The Balaban J connectivity index is 3.30. The molecule has 0 heterocycles. The normalized spacial score (nSPS) is 12.6. The Hall–Kier alpha value is -1.09. The lowest BCUT2D eigenvalue weighted by atomic mass is 10.2. The van der Waals surface area contributed by atoms with Crippen LogP contribution in [0, 0.1) is 0 Å². The Kier molecular flexibility index (Phi) is 3.82. The molecule has 0 atom stereocenters. The summed E-state index contributed by atoms with van der Waals surface area (Å²) in [5.74, 6) is 4.84. The van der Waals surface area contributed by atoms with E-state index in [1.165, 1.54) is 0 Å². The molecule has 0 saturated carbocycles. The highest BCUT2D eigenvalue weighted by Gasteiger charge is 2.40. The lowest BCUT2D eigenvalue weighted by Gasteiger charge is -2.17. The van der Waals surface area contributed by atoms with Gasteiger partial charge in [0.1, 0.15) is 0 Å². The molecule has 96 valence electrons. The summed E-state index contributed by atoms with van der Waals surface area (Å²) in [7, 11) is 0. The highest BCUT2D eigenvalue weighted by Crippen LogP contribution is 2.46. The minimum absolute atomic E-state index is 0.605. The van der Waals surface area contributed by atoms with Crippen molar-refractivity contribution in [2.45, 2.75) is 16.6 Å². The van der Waals surface area contributed by atoms with Gasteiger partial charge in [-0.05, 0) is 23.9 Å². The highest BCUT2D eigenvalue weighted by atomic mass is 32.2. The molecule has 0 spiro atoms. The van der Waals surface area contributed by atoms with Gasteiger partial charge in [0.2, 0.25) is 0 Å². The topological polar surface area (TPSA) is 38.0 Å². The molecule has 3 N–H and O–H groups in total. The molecule has 0 unspecified atom stereocenters. The van der Waals surface area contributed by atoms with Crippen LogP contribution in [-0.4, -0.2) is 5.51 Å². The number of hydrogen-bond acceptors (Lipinski definition) is 3. The largest absolute Gasteiger partial charge is 0.446 e. The smallest absolute Gasteiger partial charge is 0.323 e. The monoisotopic (exact) mass is 276 g/mol. The van der Waals surface area contributed by atoms with Crippen LogP contribution in [0.3, 0.4) is 0 Å². The molecule has 1 rings (SSSR count). The Morgan fingerprint density at radius 1 is 1.06 bits per heavy atom. The van der Waals surface area contributed by atoms with E-state index in [1.54, 1.807) is 5.43 Å². The van der Waals surface area contributed by atoms with E-state index in [1.807, 2.05) is 0 Å². The summed E-state index contributed by atoms with van der Waals surface area (Å²) in [5, 5.41) is 0. The third-order valence-electron chi connectivity index (χ3n) is 1.69. The van der Waals surface area contributed by atoms with Crippen molar-refractivity contribution in [3.63, 3.8) is 0 Å². The molecule has 0 fully saturated rings. The Bertz CT molecular complexity index is 400. The summed E-state index contributed by atoms with van der Waals surface area (Å²) >= 11 is -0.832. The first-order valence-electron chi connectivity index (χ1n) is 4.07. The van der Waals surface area contributed by atoms with Crippen molar-refractivity contribution in [3.8, 4) is 0 Å². The Morgan fingerprint density at radius 2 is 1.65 bits per heavy atom. The van der Waals surface area contributed by atoms with Crippen molar-refractivity contribution in [1.29, 1.82) is 0 Å². The van der Waals surface area contributed by atoms with E-state index < -0.39 is 39.6 Å². The van der Waals surface area contributed by atoms with Crippen molar-refractivity contribution in [3.05, 3.63) is 23.8 Å². The predicted molar refractivity (Wildman–Crippen MR) is 51.2 cm³/mol. The van der Waals surface area contributed by atoms with Crippen LogP contribution in [0.5, 0.6) is 0 Å². The second-order valence-electron chi connectivity index (χ2n) is 2.87. The number of halogens is 6. The van der Waals surface area contributed by atoms with E-state index in [0.717, 1.165) is 18.2 Å². The number of nitrogens with one attached hydrogen (secondary N) is 1. The van der Waals surface area contributed by atoms with Gasteiger partial charge in [0.15, 0.2) is 0 Å². The molecule has 2 nitrogen and oxygen atoms in total. The van der Waals surface area contributed by atoms with Gasteiger partial charge in [-0.25, -0.2) is 0 Å². The van der Waals surface area contributed by atoms with Gasteiger partial charge in [-0.3, -0.25) is 5.84 Å². The van der Waals surface area contributed by atoms with E-state index in [-0.39, 0.29) is 0 Å². The van der Waals surface area contributed by atoms with Gasteiger partial charge in [0.05, 0.1) is 11.3 Å². The maximum Gasteiger partial charge on any atom is 0.446 e. The van der Waals surface area contributed by atoms with Gasteiger partial charge in [-0.1, -0.05) is 6.07 Å². The summed E-state index contributed by atoms with van der Waals surface area (Å²) in [6, 6.07) is 2.74. The van der Waals surface area contributed by atoms with E-state index in [9.17, 15) is 26.3 Å². The van der Waals surface area contributed by atoms with Gasteiger partial charge in [0.25, 0.3) is 0 Å². The standard InChI is InChI=1S/C8H6F6N2S/c9-7(10,11)6-4(16-15)2-1-3-5(6)17-8(12,13)14/h1-3,16H,15H2. The lowest BCUT2D eigenvalue weighted by molar-refractivity contribution is -0.139. The number of thioether (sulfide) groups is 1. The third-order valence-corrected chi connectivity index (χ3v) is 2.48. The maximum atomic E-state index is 12.6. The van der Waals surface area contributed by atoms with Crippen molar-refractivity contribution in [1.82, 2.24) is 0 Å². The second-order valence-corrected chi connectivity index (χ2v) is 3.98. The molecule has 1 aromatic rings. The van der Waals surface area contributed by atoms with Crippen molar-refractivity contribution < 1.29 is 26.3 Å². The zero-order valence-electron chi connectivity index (χ0n) is 7.99. The zero-order valence-corrected chi connectivity index (χ0v) is 8.80. The van der Waals surface area contributed by atoms with Gasteiger partial charge < -0.3 is 5.43 Å². The van der Waals surface area contributed by atoms with Crippen molar-refractivity contribution in [2.75, 3.05) is 5.43 Å². The van der Waals surface area contributed by atoms with Crippen molar-refractivity contribution >= 4 is 17.4 Å². The molecule has 1 aromatic carbocycles. The fourth-order valence-electron chi connectivity index (χ4n) is 1.15. The first kappa shape index (κ1) is 14.0. The molecule has 0 radical (unpaired) electrons. The number of hydrogen-bond donors (Lipinski definition) is 2.